The molecule has 1 aliphatic rings. The SMILES string of the molecule is Brc1ccc(C2CN(c3ccc4nnc(-c5ccccc5)n4n3)CCO2)cc1. The topological polar surface area (TPSA) is 55.6 Å². The van der Waals surface area contributed by atoms with Crippen molar-refractivity contribution >= 4 is 27.4 Å². The number of halogens is 1. The lowest BCUT2D eigenvalue weighted by Crippen LogP contribution is -2.39. The van der Waals surface area contributed by atoms with Gasteiger partial charge < -0.3 is 9.64 Å². The first kappa shape index (κ1) is 17.3. The molecule has 1 aliphatic heterocycles. The van der Waals surface area contributed by atoms with E-state index in [0.717, 1.165) is 40.4 Å². The second-order valence-electron chi connectivity index (χ2n) is 6.71. The summed E-state index contributed by atoms with van der Waals surface area (Å²) in [5, 5.41) is 13.4. The van der Waals surface area contributed by atoms with Crippen LogP contribution in [0.25, 0.3) is 17.0 Å². The molecular formula is C21H18BrN5O. The first-order valence-corrected chi connectivity index (χ1v) is 9.97. The van der Waals surface area contributed by atoms with Crippen LogP contribution in [0.2, 0.25) is 0 Å². The third kappa shape index (κ3) is 3.27. The average molecular weight is 436 g/mol. The van der Waals surface area contributed by atoms with E-state index in [9.17, 15) is 0 Å². The van der Waals surface area contributed by atoms with Crippen LogP contribution in [-0.4, -0.2) is 39.5 Å². The van der Waals surface area contributed by atoms with Crippen molar-refractivity contribution in [2.75, 3.05) is 24.6 Å². The zero-order chi connectivity index (χ0) is 18.9. The molecule has 0 amide bonds. The second kappa shape index (κ2) is 7.33. The van der Waals surface area contributed by atoms with Crippen molar-refractivity contribution in [2.45, 2.75) is 6.10 Å². The van der Waals surface area contributed by atoms with Gasteiger partial charge in [-0.2, -0.15) is 4.52 Å². The average Bonchev–Trinajstić information content (AvgIpc) is 3.18. The van der Waals surface area contributed by atoms with Gasteiger partial charge in [-0.3, -0.25) is 0 Å². The molecule has 2 aromatic carbocycles. The molecule has 0 bridgehead atoms. The number of fused-ring (bicyclic) bond motifs is 1. The molecule has 0 N–H and O–H groups in total. The van der Waals surface area contributed by atoms with Crippen LogP contribution in [0.15, 0.2) is 71.2 Å². The fourth-order valence-electron chi connectivity index (χ4n) is 3.45. The van der Waals surface area contributed by atoms with E-state index < -0.39 is 0 Å². The van der Waals surface area contributed by atoms with Crippen LogP contribution < -0.4 is 4.90 Å². The molecule has 0 aliphatic carbocycles. The fraction of sp³-hybridized carbons (Fsp3) is 0.190. The van der Waals surface area contributed by atoms with Crippen LogP contribution in [0.4, 0.5) is 5.82 Å². The van der Waals surface area contributed by atoms with Crippen molar-refractivity contribution in [2.24, 2.45) is 0 Å². The molecule has 1 saturated heterocycles. The van der Waals surface area contributed by atoms with Gasteiger partial charge in [0.25, 0.3) is 0 Å². The van der Waals surface area contributed by atoms with Gasteiger partial charge in [-0.25, -0.2) is 0 Å². The van der Waals surface area contributed by atoms with Gasteiger partial charge in [0.15, 0.2) is 11.5 Å². The van der Waals surface area contributed by atoms with Gasteiger partial charge in [0.2, 0.25) is 0 Å². The van der Waals surface area contributed by atoms with E-state index in [1.807, 2.05) is 59.1 Å². The summed E-state index contributed by atoms with van der Waals surface area (Å²) in [6.45, 7) is 2.21. The minimum absolute atomic E-state index is 0.0221. The summed E-state index contributed by atoms with van der Waals surface area (Å²) in [4.78, 5) is 2.25. The van der Waals surface area contributed by atoms with Crippen LogP contribution in [-0.2, 0) is 4.74 Å². The maximum Gasteiger partial charge on any atom is 0.185 e. The fourth-order valence-corrected chi connectivity index (χ4v) is 3.72. The highest BCUT2D eigenvalue weighted by Crippen LogP contribution is 2.27. The third-order valence-electron chi connectivity index (χ3n) is 4.91. The van der Waals surface area contributed by atoms with Crippen molar-refractivity contribution in [3.05, 3.63) is 76.8 Å². The number of hydrogen-bond donors (Lipinski definition) is 0. The Labute approximate surface area is 170 Å². The summed E-state index contributed by atoms with van der Waals surface area (Å²) in [5.74, 6) is 1.64. The van der Waals surface area contributed by atoms with Gasteiger partial charge in [-0.15, -0.1) is 15.3 Å². The van der Waals surface area contributed by atoms with E-state index >= 15 is 0 Å². The molecule has 0 spiro atoms. The first-order valence-electron chi connectivity index (χ1n) is 9.18. The zero-order valence-electron chi connectivity index (χ0n) is 15.1. The van der Waals surface area contributed by atoms with Crippen molar-refractivity contribution in [3.8, 4) is 11.4 Å². The minimum atomic E-state index is 0.0221. The monoisotopic (exact) mass is 435 g/mol. The van der Waals surface area contributed by atoms with E-state index in [2.05, 4.69) is 43.2 Å². The van der Waals surface area contributed by atoms with Crippen molar-refractivity contribution < 1.29 is 4.74 Å². The molecule has 3 heterocycles. The number of benzene rings is 2. The Bertz CT molecular complexity index is 1100. The first-order chi connectivity index (χ1) is 13.8. The van der Waals surface area contributed by atoms with Gasteiger partial charge in [-0.1, -0.05) is 58.4 Å². The number of hydrogen-bond acceptors (Lipinski definition) is 5. The number of rotatable bonds is 3. The summed E-state index contributed by atoms with van der Waals surface area (Å²) in [6, 6.07) is 22.3. The molecule has 1 fully saturated rings. The molecule has 0 saturated carbocycles. The molecule has 2 aromatic heterocycles. The lowest BCUT2D eigenvalue weighted by Gasteiger charge is -2.33. The number of anilines is 1. The van der Waals surface area contributed by atoms with Crippen LogP contribution in [0.5, 0.6) is 0 Å². The van der Waals surface area contributed by atoms with Crippen molar-refractivity contribution in [1.29, 1.82) is 0 Å². The van der Waals surface area contributed by atoms with E-state index in [0.29, 0.717) is 6.61 Å². The van der Waals surface area contributed by atoms with Gasteiger partial charge >= 0.3 is 0 Å². The van der Waals surface area contributed by atoms with Crippen LogP contribution in [0.1, 0.15) is 11.7 Å². The normalized spacial score (nSPS) is 17.2. The zero-order valence-corrected chi connectivity index (χ0v) is 16.7. The predicted octanol–water partition coefficient (Wildman–Crippen LogP) is 4.13. The highest BCUT2D eigenvalue weighted by molar-refractivity contribution is 9.10. The maximum absolute atomic E-state index is 6.00. The molecule has 7 heteroatoms. The Hall–Kier alpha value is -2.77. The Balaban J connectivity index is 1.46. The van der Waals surface area contributed by atoms with Gasteiger partial charge in [0.1, 0.15) is 11.9 Å². The predicted molar refractivity (Wildman–Crippen MR) is 111 cm³/mol. The maximum atomic E-state index is 6.00. The Morgan fingerprint density at radius 1 is 0.929 bits per heavy atom. The molecule has 1 atom stereocenters. The Morgan fingerprint density at radius 2 is 1.75 bits per heavy atom. The summed E-state index contributed by atoms with van der Waals surface area (Å²) in [7, 11) is 0. The Kier molecular flexibility index (Phi) is 4.54. The third-order valence-corrected chi connectivity index (χ3v) is 5.44. The molecule has 140 valence electrons. The standard InChI is InChI=1S/C21H18BrN5O/c22-17-8-6-15(7-9-17)18-14-26(12-13-28-18)20-11-10-19-23-24-21(27(19)25-20)16-4-2-1-3-5-16/h1-11,18H,12-14H2. The lowest BCUT2D eigenvalue weighted by atomic mass is 10.1. The highest BCUT2D eigenvalue weighted by atomic mass is 79.9. The lowest BCUT2D eigenvalue weighted by molar-refractivity contribution is 0.0394. The van der Waals surface area contributed by atoms with Crippen molar-refractivity contribution in [3.63, 3.8) is 0 Å². The Morgan fingerprint density at radius 3 is 2.57 bits per heavy atom. The summed E-state index contributed by atoms with van der Waals surface area (Å²) >= 11 is 3.49. The summed E-state index contributed by atoms with van der Waals surface area (Å²) in [5.41, 5.74) is 2.90. The summed E-state index contributed by atoms with van der Waals surface area (Å²) < 4.78 is 8.89. The van der Waals surface area contributed by atoms with E-state index in [1.54, 1.807) is 0 Å². The molecule has 0 radical (unpaired) electrons. The number of aromatic nitrogens is 4. The smallest absolute Gasteiger partial charge is 0.185 e. The van der Waals surface area contributed by atoms with E-state index in [4.69, 9.17) is 9.84 Å². The summed E-state index contributed by atoms with van der Waals surface area (Å²) in [6.07, 6.45) is 0.0221. The largest absolute Gasteiger partial charge is 0.370 e. The van der Waals surface area contributed by atoms with Crippen LogP contribution >= 0.6 is 15.9 Å². The van der Waals surface area contributed by atoms with Crippen LogP contribution in [0.3, 0.4) is 0 Å². The molecule has 1 unspecified atom stereocenters. The second-order valence-corrected chi connectivity index (χ2v) is 7.62. The minimum Gasteiger partial charge on any atom is -0.370 e. The van der Waals surface area contributed by atoms with Crippen LogP contribution in [0, 0.1) is 0 Å². The molecule has 5 rings (SSSR count). The number of nitrogens with zero attached hydrogens (tertiary/aromatic N) is 5. The van der Waals surface area contributed by atoms with Gasteiger partial charge in [0.05, 0.1) is 6.61 Å². The van der Waals surface area contributed by atoms with Gasteiger partial charge in [-0.05, 0) is 29.8 Å². The van der Waals surface area contributed by atoms with Gasteiger partial charge in [0, 0.05) is 23.1 Å². The highest BCUT2D eigenvalue weighted by Gasteiger charge is 2.23. The van der Waals surface area contributed by atoms with E-state index in [-0.39, 0.29) is 6.10 Å². The van der Waals surface area contributed by atoms with E-state index in [1.165, 1.54) is 5.56 Å². The molecule has 28 heavy (non-hydrogen) atoms. The number of ether oxygens (including phenoxy) is 1. The molecule has 4 aromatic rings. The molecule has 6 nitrogen and oxygen atoms in total. The quantitative estimate of drug-likeness (QED) is 0.484. The number of morpholine rings is 1. The molecular weight excluding hydrogens is 418 g/mol. The van der Waals surface area contributed by atoms with Crippen molar-refractivity contribution in [1.82, 2.24) is 19.8 Å².